The minimum Gasteiger partial charge on any atom is -0.497 e. The Bertz CT molecular complexity index is 544. The van der Waals surface area contributed by atoms with Crippen molar-refractivity contribution in [1.82, 2.24) is 10.2 Å². The lowest BCUT2D eigenvalue weighted by atomic mass is 9.84. The van der Waals surface area contributed by atoms with Crippen molar-refractivity contribution in [3.63, 3.8) is 0 Å². The zero-order chi connectivity index (χ0) is 17.0. The number of likely N-dealkylation sites (tertiary alicyclic amines) is 1. The molecule has 3 rings (SSSR count). The Morgan fingerprint density at radius 2 is 1.88 bits per heavy atom. The van der Waals surface area contributed by atoms with Crippen LogP contribution in [0.25, 0.3) is 0 Å². The molecule has 2 N–H and O–H groups in total. The van der Waals surface area contributed by atoms with Gasteiger partial charge in [0, 0.05) is 19.1 Å². The van der Waals surface area contributed by atoms with Crippen LogP contribution in [0.2, 0.25) is 0 Å². The van der Waals surface area contributed by atoms with Crippen LogP contribution in [0, 0.1) is 0 Å². The molecule has 0 radical (unpaired) electrons. The summed E-state index contributed by atoms with van der Waals surface area (Å²) in [6.07, 6.45) is 5.98. The first-order chi connectivity index (χ1) is 11.6. The van der Waals surface area contributed by atoms with E-state index in [9.17, 15) is 9.90 Å². The number of ether oxygens (including phenoxy) is 1. The van der Waals surface area contributed by atoms with Crippen molar-refractivity contribution in [2.45, 2.75) is 50.2 Å². The summed E-state index contributed by atoms with van der Waals surface area (Å²) in [5, 5.41) is 14.1. The van der Waals surface area contributed by atoms with E-state index in [1.165, 1.54) is 12.8 Å². The molecule has 1 aromatic rings. The number of amides is 1. The Kier molecular flexibility index (Phi) is 5.41. The zero-order valence-electron chi connectivity index (χ0n) is 14.5. The third-order valence-corrected chi connectivity index (χ3v) is 5.40. The molecule has 1 amide bonds. The number of benzene rings is 1. The van der Waals surface area contributed by atoms with Gasteiger partial charge in [0.05, 0.1) is 19.3 Å². The molecule has 1 heterocycles. The largest absolute Gasteiger partial charge is 0.497 e. The second-order valence-electron chi connectivity index (χ2n) is 7.09. The van der Waals surface area contributed by atoms with E-state index in [1.807, 2.05) is 24.3 Å². The van der Waals surface area contributed by atoms with Crippen molar-refractivity contribution in [2.24, 2.45) is 0 Å². The van der Waals surface area contributed by atoms with Crippen LogP contribution in [0.3, 0.4) is 0 Å². The average Bonchev–Trinajstić information content (AvgIpc) is 3.10. The molecule has 24 heavy (non-hydrogen) atoms. The fourth-order valence-corrected chi connectivity index (χ4v) is 3.82. The Labute approximate surface area is 144 Å². The number of hydrogen-bond acceptors (Lipinski definition) is 4. The number of hydrogen-bond donors (Lipinski definition) is 2. The molecule has 0 bridgehead atoms. The minimum absolute atomic E-state index is 0.122. The van der Waals surface area contributed by atoms with Crippen molar-refractivity contribution in [1.29, 1.82) is 0 Å². The molecule has 5 nitrogen and oxygen atoms in total. The maximum absolute atomic E-state index is 12.1. The molecule has 0 aromatic heterocycles. The second-order valence-corrected chi connectivity index (χ2v) is 7.09. The molecule has 0 unspecified atom stereocenters. The number of carbonyl (C=O) groups excluding carboxylic acids is 1. The molecule has 2 aliphatic rings. The number of methoxy groups -OCH3 is 1. The van der Waals surface area contributed by atoms with Gasteiger partial charge in [-0.1, -0.05) is 25.0 Å². The lowest BCUT2D eigenvalue weighted by Gasteiger charge is -2.38. The van der Waals surface area contributed by atoms with Crippen LogP contribution in [0.1, 0.15) is 44.1 Å². The highest BCUT2D eigenvalue weighted by atomic mass is 16.5. The monoisotopic (exact) mass is 332 g/mol. The number of piperidine rings is 1. The van der Waals surface area contributed by atoms with Gasteiger partial charge in [-0.05, 0) is 43.4 Å². The summed E-state index contributed by atoms with van der Waals surface area (Å²) in [4.78, 5) is 14.3. The van der Waals surface area contributed by atoms with Gasteiger partial charge in [0.15, 0.2) is 0 Å². The highest BCUT2D eigenvalue weighted by Gasteiger charge is 2.34. The first-order valence-corrected chi connectivity index (χ1v) is 8.98. The second kappa shape index (κ2) is 7.53. The van der Waals surface area contributed by atoms with E-state index in [0.717, 1.165) is 37.2 Å². The zero-order valence-corrected chi connectivity index (χ0v) is 14.5. The summed E-state index contributed by atoms with van der Waals surface area (Å²) in [7, 11) is 1.64. The highest BCUT2D eigenvalue weighted by molar-refractivity contribution is 5.78. The van der Waals surface area contributed by atoms with Crippen LogP contribution in [0.4, 0.5) is 0 Å². The number of carbonyl (C=O) groups is 1. The predicted molar refractivity (Wildman–Crippen MR) is 93.0 cm³/mol. The van der Waals surface area contributed by atoms with Crippen LogP contribution >= 0.6 is 0 Å². The van der Waals surface area contributed by atoms with Gasteiger partial charge in [-0.3, -0.25) is 9.69 Å². The molecule has 1 saturated carbocycles. The van der Waals surface area contributed by atoms with Crippen LogP contribution in [0.5, 0.6) is 5.75 Å². The summed E-state index contributed by atoms with van der Waals surface area (Å²) in [5.41, 5.74) is 0.128. The summed E-state index contributed by atoms with van der Waals surface area (Å²) in [6.45, 7) is 1.91. The molecule has 0 spiro atoms. The third-order valence-electron chi connectivity index (χ3n) is 5.40. The molecular formula is C19H28N2O3. The number of nitrogens with zero attached hydrogens (tertiary/aromatic N) is 1. The summed E-state index contributed by atoms with van der Waals surface area (Å²) in [6, 6.07) is 8.00. The van der Waals surface area contributed by atoms with Gasteiger partial charge in [-0.2, -0.15) is 0 Å². The third kappa shape index (κ3) is 4.08. The van der Waals surface area contributed by atoms with Gasteiger partial charge in [-0.25, -0.2) is 0 Å². The number of aliphatic hydroxyl groups is 1. The van der Waals surface area contributed by atoms with Gasteiger partial charge < -0.3 is 15.2 Å². The number of rotatable bonds is 5. The topological polar surface area (TPSA) is 61.8 Å². The van der Waals surface area contributed by atoms with Crippen LogP contribution < -0.4 is 10.1 Å². The molecule has 0 atom stereocenters. The Morgan fingerprint density at radius 3 is 2.46 bits per heavy atom. The van der Waals surface area contributed by atoms with E-state index in [-0.39, 0.29) is 5.91 Å². The van der Waals surface area contributed by atoms with Crippen molar-refractivity contribution >= 4 is 5.91 Å². The van der Waals surface area contributed by atoms with E-state index in [0.29, 0.717) is 25.4 Å². The quantitative estimate of drug-likeness (QED) is 0.866. The van der Waals surface area contributed by atoms with Gasteiger partial charge in [0.1, 0.15) is 5.75 Å². The Morgan fingerprint density at radius 1 is 1.25 bits per heavy atom. The summed E-state index contributed by atoms with van der Waals surface area (Å²) in [5.74, 6) is 0.917. The van der Waals surface area contributed by atoms with Crippen molar-refractivity contribution in [3.05, 3.63) is 29.8 Å². The van der Waals surface area contributed by atoms with E-state index < -0.39 is 5.60 Å². The Balaban J connectivity index is 1.49. The smallest absolute Gasteiger partial charge is 0.234 e. The lowest BCUT2D eigenvalue weighted by Crippen LogP contribution is -2.47. The molecule has 1 aromatic carbocycles. The molecule has 2 fully saturated rings. The summed E-state index contributed by atoms with van der Waals surface area (Å²) >= 11 is 0. The number of nitrogens with one attached hydrogen (secondary N) is 1. The van der Waals surface area contributed by atoms with E-state index in [4.69, 9.17) is 4.74 Å². The van der Waals surface area contributed by atoms with Gasteiger partial charge in [-0.15, -0.1) is 0 Å². The highest BCUT2D eigenvalue weighted by Crippen LogP contribution is 2.33. The van der Waals surface area contributed by atoms with Crippen molar-refractivity contribution in [3.8, 4) is 5.75 Å². The fraction of sp³-hybridized carbons (Fsp3) is 0.632. The van der Waals surface area contributed by atoms with Gasteiger partial charge in [0.25, 0.3) is 0 Å². The SMILES string of the molecule is COc1ccc(C2(O)CCN(CC(=O)NC3CCCC3)CC2)cc1. The fourth-order valence-electron chi connectivity index (χ4n) is 3.82. The van der Waals surface area contributed by atoms with E-state index in [2.05, 4.69) is 10.2 Å². The van der Waals surface area contributed by atoms with Crippen LogP contribution in [-0.4, -0.2) is 48.7 Å². The van der Waals surface area contributed by atoms with E-state index >= 15 is 0 Å². The maximum Gasteiger partial charge on any atom is 0.234 e. The van der Waals surface area contributed by atoms with E-state index in [1.54, 1.807) is 7.11 Å². The predicted octanol–water partition coefficient (Wildman–Crippen LogP) is 2.04. The molecule has 1 aliphatic heterocycles. The van der Waals surface area contributed by atoms with Crippen LogP contribution in [0.15, 0.2) is 24.3 Å². The molecule has 5 heteroatoms. The Hall–Kier alpha value is -1.59. The molecular weight excluding hydrogens is 304 g/mol. The average molecular weight is 332 g/mol. The minimum atomic E-state index is -0.801. The maximum atomic E-state index is 12.1. The van der Waals surface area contributed by atoms with Crippen molar-refractivity contribution < 1.29 is 14.6 Å². The summed E-state index contributed by atoms with van der Waals surface area (Å²) < 4.78 is 5.17. The van der Waals surface area contributed by atoms with Crippen molar-refractivity contribution in [2.75, 3.05) is 26.7 Å². The standard InChI is InChI=1S/C19H28N2O3/c1-24-17-8-6-15(7-9-17)19(23)10-12-21(13-11-19)14-18(22)20-16-4-2-3-5-16/h6-9,16,23H,2-5,10-14H2,1H3,(H,20,22). The lowest BCUT2D eigenvalue weighted by molar-refractivity contribution is -0.124. The molecule has 132 valence electrons. The molecule has 1 saturated heterocycles. The normalized spacial score (nSPS) is 21.6. The van der Waals surface area contributed by atoms with Crippen LogP contribution in [-0.2, 0) is 10.4 Å². The van der Waals surface area contributed by atoms with Gasteiger partial charge >= 0.3 is 0 Å². The first-order valence-electron chi connectivity index (χ1n) is 8.98. The van der Waals surface area contributed by atoms with Gasteiger partial charge in [0.2, 0.25) is 5.91 Å². The first kappa shape index (κ1) is 17.2. The molecule has 1 aliphatic carbocycles.